The largest absolute Gasteiger partial charge is 0.467 e. The molecular weight excluding hydrogens is 328 g/mol. The highest BCUT2D eigenvalue weighted by Crippen LogP contribution is 2.37. The number of aromatic nitrogens is 2. The lowest BCUT2D eigenvalue weighted by Gasteiger charge is -2.20. The zero-order chi connectivity index (χ0) is 15.5. The molecule has 2 aromatic rings. The first-order valence-electron chi connectivity index (χ1n) is 6.32. The highest BCUT2D eigenvalue weighted by Gasteiger charge is 2.21. The van der Waals surface area contributed by atoms with Crippen LogP contribution in [0.4, 0.5) is 10.8 Å². The first kappa shape index (κ1) is 15.0. The van der Waals surface area contributed by atoms with Gasteiger partial charge in [0.25, 0.3) is 5.69 Å². The molecule has 22 heavy (non-hydrogen) atoms. The molecule has 0 atom stereocenters. The lowest BCUT2D eigenvalue weighted by atomic mass is 10.1. The number of nitro groups is 1. The molecule has 0 saturated heterocycles. The third-order valence-corrected chi connectivity index (χ3v) is 5.08. The van der Waals surface area contributed by atoms with Gasteiger partial charge in [0.1, 0.15) is 5.75 Å². The second-order valence-corrected chi connectivity index (χ2v) is 6.57. The fourth-order valence-electron chi connectivity index (χ4n) is 2.00. The van der Waals surface area contributed by atoms with Crippen molar-refractivity contribution < 1.29 is 14.4 Å². The fourth-order valence-corrected chi connectivity index (χ4v) is 3.67. The summed E-state index contributed by atoms with van der Waals surface area (Å²) in [6, 6.07) is 3.03. The number of non-ortho nitro benzene ring substituents is 1. The maximum atomic E-state index is 11.0. The molecule has 2 heterocycles. The van der Waals surface area contributed by atoms with Crippen molar-refractivity contribution in [2.75, 3.05) is 19.2 Å². The van der Waals surface area contributed by atoms with Crippen molar-refractivity contribution in [1.29, 1.82) is 0 Å². The number of nitro benzene ring substituents is 1. The molecule has 0 radical (unpaired) electrons. The molecule has 8 nitrogen and oxygen atoms in total. The standard InChI is InChI=1S/C12H12N4O4S2/c1-13-11-14-15-12(22-11)21-5-8-3-9(16(17)18)2-7-4-19-6-20-10(7)8/h2-3H,4-6H2,1H3,(H,13,14). The Labute approximate surface area is 134 Å². The van der Waals surface area contributed by atoms with Crippen LogP contribution in [0.5, 0.6) is 5.75 Å². The molecule has 116 valence electrons. The van der Waals surface area contributed by atoms with Crippen LogP contribution in [0.1, 0.15) is 11.1 Å². The summed E-state index contributed by atoms with van der Waals surface area (Å²) in [5.41, 5.74) is 1.50. The number of benzene rings is 1. The van der Waals surface area contributed by atoms with Crippen molar-refractivity contribution in [3.8, 4) is 5.75 Å². The molecule has 0 aliphatic carbocycles. The van der Waals surface area contributed by atoms with Gasteiger partial charge in [-0.25, -0.2) is 0 Å². The Morgan fingerprint density at radius 3 is 3.09 bits per heavy atom. The summed E-state index contributed by atoms with van der Waals surface area (Å²) in [4.78, 5) is 10.6. The van der Waals surface area contributed by atoms with E-state index >= 15 is 0 Å². The average molecular weight is 340 g/mol. The van der Waals surface area contributed by atoms with Crippen LogP contribution >= 0.6 is 23.1 Å². The molecular formula is C12H12N4O4S2. The molecule has 10 heteroatoms. The lowest BCUT2D eigenvalue weighted by Crippen LogP contribution is -2.13. The minimum Gasteiger partial charge on any atom is -0.467 e. The second kappa shape index (κ2) is 6.46. The topological polar surface area (TPSA) is 99.4 Å². The summed E-state index contributed by atoms with van der Waals surface area (Å²) in [5.74, 6) is 1.19. The normalized spacial score (nSPS) is 13.3. The van der Waals surface area contributed by atoms with Gasteiger partial charge in [-0.05, 0) is 0 Å². The maximum Gasteiger partial charge on any atom is 0.270 e. The van der Waals surface area contributed by atoms with Crippen LogP contribution in [0.2, 0.25) is 0 Å². The van der Waals surface area contributed by atoms with E-state index in [4.69, 9.17) is 9.47 Å². The van der Waals surface area contributed by atoms with Crippen LogP contribution in [0.3, 0.4) is 0 Å². The van der Waals surface area contributed by atoms with Crippen molar-refractivity contribution in [2.24, 2.45) is 0 Å². The molecule has 0 spiro atoms. The average Bonchev–Trinajstić information content (AvgIpc) is 3.00. The molecule has 1 aliphatic heterocycles. The summed E-state index contributed by atoms with van der Waals surface area (Å²) in [7, 11) is 1.78. The Bertz CT molecular complexity index is 706. The summed E-state index contributed by atoms with van der Waals surface area (Å²) in [6.45, 7) is 0.475. The van der Waals surface area contributed by atoms with E-state index in [0.29, 0.717) is 23.7 Å². The molecule has 0 saturated carbocycles. The quantitative estimate of drug-likeness (QED) is 0.504. The van der Waals surface area contributed by atoms with E-state index in [9.17, 15) is 10.1 Å². The van der Waals surface area contributed by atoms with Gasteiger partial charge in [0.2, 0.25) is 5.13 Å². The van der Waals surface area contributed by atoms with Crippen LogP contribution in [0.25, 0.3) is 0 Å². The molecule has 0 unspecified atom stereocenters. The monoisotopic (exact) mass is 340 g/mol. The highest BCUT2D eigenvalue weighted by molar-refractivity contribution is 8.00. The number of nitrogens with zero attached hydrogens (tertiary/aromatic N) is 3. The number of thioether (sulfide) groups is 1. The smallest absolute Gasteiger partial charge is 0.270 e. The van der Waals surface area contributed by atoms with Gasteiger partial charge in [-0.3, -0.25) is 10.1 Å². The van der Waals surface area contributed by atoms with Gasteiger partial charge >= 0.3 is 0 Å². The predicted octanol–water partition coefficient (Wildman–Crippen LogP) is 2.65. The minimum absolute atomic E-state index is 0.0385. The molecule has 0 bridgehead atoms. The Balaban J connectivity index is 1.84. The van der Waals surface area contributed by atoms with E-state index in [1.54, 1.807) is 7.05 Å². The van der Waals surface area contributed by atoms with E-state index in [2.05, 4.69) is 15.5 Å². The van der Waals surface area contributed by atoms with Crippen molar-refractivity contribution in [1.82, 2.24) is 10.2 Å². The molecule has 1 aromatic carbocycles. The van der Waals surface area contributed by atoms with E-state index in [1.807, 2.05) is 0 Å². The maximum absolute atomic E-state index is 11.0. The zero-order valence-electron chi connectivity index (χ0n) is 11.6. The van der Waals surface area contributed by atoms with Gasteiger partial charge in [0.15, 0.2) is 11.1 Å². The number of anilines is 1. The van der Waals surface area contributed by atoms with E-state index in [0.717, 1.165) is 15.0 Å². The number of rotatable bonds is 5. The van der Waals surface area contributed by atoms with Gasteiger partial charge in [-0.2, -0.15) is 0 Å². The summed E-state index contributed by atoms with van der Waals surface area (Å²) >= 11 is 2.89. The Hall–Kier alpha value is -1.91. The molecule has 1 aliphatic rings. The Morgan fingerprint density at radius 2 is 2.36 bits per heavy atom. The number of hydrogen-bond acceptors (Lipinski definition) is 9. The number of fused-ring (bicyclic) bond motifs is 1. The lowest BCUT2D eigenvalue weighted by molar-refractivity contribution is -0.385. The van der Waals surface area contributed by atoms with Crippen molar-refractivity contribution in [2.45, 2.75) is 16.7 Å². The molecule has 0 amide bonds. The zero-order valence-corrected chi connectivity index (χ0v) is 13.2. The van der Waals surface area contributed by atoms with Crippen LogP contribution in [-0.4, -0.2) is 29.0 Å². The summed E-state index contributed by atoms with van der Waals surface area (Å²) in [6.07, 6.45) is 0. The van der Waals surface area contributed by atoms with Gasteiger partial charge in [0.05, 0.1) is 11.5 Å². The van der Waals surface area contributed by atoms with Gasteiger partial charge in [-0.15, -0.1) is 10.2 Å². The van der Waals surface area contributed by atoms with E-state index in [1.165, 1.54) is 35.2 Å². The number of hydrogen-bond donors (Lipinski definition) is 1. The highest BCUT2D eigenvalue weighted by atomic mass is 32.2. The van der Waals surface area contributed by atoms with E-state index < -0.39 is 4.92 Å². The molecule has 3 rings (SSSR count). The second-order valence-electron chi connectivity index (χ2n) is 4.37. The van der Waals surface area contributed by atoms with Crippen molar-refractivity contribution in [3.63, 3.8) is 0 Å². The minimum atomic E-state index is -0.410. The Morgan fingerprint density at radius 1 is 1.50 bits per heavy atom. The van der Waals surface area contributed by atoms with Gasteiger partial charge < -0.3 is 14.8 Å². The van der Waals surface area contributed by atoms with Gasteiger partial charge in [-0.1, -0.05) is 23.1 Å². The third kappa shape index (κ3) is 3.13. The van der Waals surface area contributed by atoms with Crippen LogP contribution in [-0.2, 0) is 17.1 Å². The van der Waals surface area contributed by atoms with Crippen molar-refractivity contribution >= 4 is 33.9 Å². The SMILES string of the molecule is CNc1nnc(SCc2cc([N+](=O)[O-])cc3c2OCOC3)s1. The molecule has 1 aromatic heterocycles. The fraction of sp³-hybridized carbons (Fsp3) is 0.333. The first-order chi connectivity index (χ1) is 10.7. The molecule has 1 N–H and O–H groups in total. The van der Waals surface area contributed by atoms with Crippen LogP contribution in [0.15, 0.2) is 16.5 Å². The predicted molar refractivity (Wildman–Crippen MR) is 82.4 cm³/mol. The Kier molecular flexibility index (Phi) is 4.41. The molecule has 0 fully saturated rings. The van der Waals surface area contributed by atoms with Crippen LogP contribution in [0, 0.1) is 10.1 Å². The summed E-state index contributed by atoms with van der Waals surface area (Å²) < 4.78 is 11.5. The van der Waals surface area contributed by atoms with E-state index in [-0.39, 0.29) is 12.5 Å². The van der Waals surface area contributed by atoms with Crippen molar-refractivity contribution in [3.05, 3.63) is 33.4 Å². The summed E-state index contributed by atoms with van der Waals surface area (Å²) in [5, 5.41) is 22.7. The van der Waals surface area contributed by atoms with Gasteiger partial charge in [0, 0.05) is 36.1 Å². The number of nitrogens with one attached hydrogen (secondary N) is 1. The first-order valence-corrected chi connectivity index (χ1v) is 8.12. The van der Waals surface area contributed by atoms with Crippen LogP contribution < -0.4 is 10.1 Å². The number of ether oxygens (including phenoxy) is 2. The third-order valence-electron chi connectivity index (χ3n) is 2.95.